The number of hydrogen-bond acceptors (Lipinski definition) is 3. The summed E-state index contributed by atoms with van der Waals surface area (Å²) in [6.07, 6.45) is 3.78. The summed E-state index contributed by atoms with van der Waals surface area (Å²) in [5.74, 6) is 0.0130. The first-order chi connectivity index (χ1) is 11.1. The lowest BCUT2D eigenvalue weighted by Crippen LogP contribution is -2.33. The maximum absolute atomic E-state index is 12.4. The standard InChI is InChI=1S/C18H19N3OS/c1-13(15-8-4-3-5-9-15)20-17(22)14(2)23-18-19-12-16-10-6-7-11-21(16)18/h3-14H,1-2H3,(H,20,22). The first-order valence-corrected chi connectivity index (χ1v) is 8.47. The SMILES string of the molecule is CC(Sc1ncc2ccccn12)C(=O)NC(C)c1ccccc1. The van der Waals surface area contributed by atoms with E-state index in [2.05, 4.69) is 10.3 Å². The lowest BCUT2D eigenvalue weighted by molar-refractivity contribution is -0.120. The van der Waals surface area contributed by atoms with Crippen molar-refractivity contribution in [1.29, 1.82) is 0 Å². The Balaban J connectivity index is 1.66. The monoisotopic (exact) mass is 325 g/mol. The maximum Gasteiger partial charge on any atom is 0.233 e. The van der Waals surface area contributed by atoms with Crippen LogP contribution >= 0.6 is 11.8 Å². The average molecular weight is 325 g/mol. The maximum atomic E-state index is 12.4. The molecule has 2 unspecified atom stereocenters. The number of aromatic nitrogens is 2. The van der Waals surface area contributed by atoms with Crippen LogP contribution in [0.5, 0.6) is 0 Å². The van der Waals surface area contributed by atoms with E-state index in [1.165, 1.54) is 11.8 Å². The zero-order chi connectivity index (χ0) is 16.2. The molecule has 118 valence electrons. The zero-order valence-electron chi connectivity index (χ0n) is 13.1. The van der Waals surface area contributed by atoms with Crippen LogP contribution in [0.1, 0.15) is 25.5 Å². The molecule has 0 saturated carbocycles. The number of pyridine rings is 1. The molecule has 0 fully saturated rings. The highest BCUT2D eigenvalue weighted by molar-refractivity contribution is 8.00. The van der Waals surface area contributed by atoms with Crippen LogP contribution in [0.4, 0.5) is 0 Å². The van der Waals surface area contributed by atoms with Gasteiger partial charge in [-0.05, 0) is 31.5 Å². The van der Waals surface area contributed by atoms with Gasteiger partial charge in [0.15, 0.2) is 5.16 Å². The Morgan fingerprint density at radius 3 is 2.65 bits per heavy atom. The van der Waals surface area contributed by atoms with Crippen LogP contribution in [-0.2, 0) is 4.79 Å². The summed E-state index contributed by atoms with van der Waals surface area (Å²) >= 11 is 1.46. The predicted octanol–water partition coefficient (Wildman–Crippen LogP) is 3.69. The summed E-state index contributed by atoms with van der Waals surface area (Å²) in [5.41, 5.74) is 2.13. The Hall–Kier alpha value is -2.27. The number of rotatable bonds is 5. The molecule has 3 rings (SSSR count). The fourth-order valence-electron chi connectivity index (χ4n) is 2.37. The number of hydrogen-bond donors (Lipinski definition) is 1. The van der Waals surface area contributed by atoms with Gasteiger partial charge in [0.1, 0.15) is 0 Å². The van der Waals surface area contributed by atoms with Crippen molar-refractivity contribution in [3.05, 3.63) is 66.5 Å². The highest BCUT2D eigenvalue weighted by Gasteiger charge is 2.19. The molecule has 1 N–H and O–H groups in total. The van der Waals surface area contributed by atoms with Crippen molar-refractivity contribution >= 4 is 23.2 Å². The van der Waals surface area contributed by atoms with Gasteiger partial charge in [-0.1, -0.05) is 48.2 Å². The third-order valence-electron chi connectivity index (χ3n) is 3.71. The quantitative estimate of drug-likeness (QED) is 0.728. The summed E-state index contributed by atoms with van der Waals surface area (Å²) in [5, 5.41) is 3.67. The van der Waals surface area contributed by atoms with Crippen LogP contribution in [0.15, 0.2) is 66.1 Å². The fourth-order valence-corrected chi connectivity index (χ4v) is 3.26. The van der Waals surface area contributed by atoms with Crippen LogP contribution in [0.25, 0.3) is 5.52 Å². The number of imidazole rings is 1. The van der Waals surface area contributed by atoms with Crippen molar-refractivity contribution in [3.8, 4) is 0 Å². The number of nitrogens with one attached hydrogen (secondary N) is 1. The van der Waals surface area contributed by atoms with Gasteiger partial charge in [0.25, 0.3) is 0 Å². The van der Waals surface area contributed by atoms with Crippen LogP contribution < -0.4 is 5.32 Å². The molecule has 2 aromatic heterocycles. The Morgan fingerprint density at radius 1 is 1.13 bits per heavy atom. The van der Waals surface area contributed by atoms with Gasteiger partial charge in [0.05, 0.1) is 23.0 Å². The topological polar surface area (TPSA) is 46.4 Å². The number of carbonyl (C=O) groups is 1. The predicted molar refractivity (Wildman–Crippen MR) is 93.5 cm³/mol. The van der Waals surface area contributed by atoms with Crippen LogP contribution in [0.2, 0.25) is 0 Å². The van der Waals surface area contributed by atoms with Gasteiger partial charge in [-0.15, -0.1) is 0 Å². The molecule has 0 aliphatic carbocycles. The van der Waals surface area contributed by atoms with Gasteiger partial charge in [0.2, 0.25) is 5.91 Å². The van der Waals surface area contributed by atoms with Crippen LogP contribution in [0, 0.1) is 0 Å². The van der Waals surface area contributed by atoms with Crippen molar-refractivity contribution in [2.75, 3.05) is 0 Å². The lowest BCUT2D eigenvalue weighted by atomic mass is 10.1. The van der Waals surface area contributed by atoms with E-state index >= 15 is 0 Å². The van der Waals surface area contributed by atoms with Gasteiger partial charge in [-0.3, -0.25) is 9.20 Å². The van der Waals surface area contributed by atoms with Crippen molar-refractivity contribution in [2.45, 2.75) is 30.3 Å². The molecular formula is C18H19N3OS. The lowest BCUT2D eigenvalue weighted by Gasteiger charge is -2.17. The minimum atomic E-state index is -0.216. The second-order valence-corrected chi connectivity index (χ2v) is 6.75. The third kappa shape index (κ3) is 3.56. The number of carbonyl (C=O) groups excluding carboxylic acids is 1. The molecule has 0 radical (unpaired) electrons. The van der Waals surface area contributed by atoms with Gasteiger partial charge in [-0.2, -0.15) is 0 Å². The number of thioether (sulfide) groups is 1. The van der Waals surface area contributed by atoms with E-state index in [0.29, 0.717) is 0 Å². The van der Waals surface area contributed by atoms with E-state index in [0.717, 1.165) is 16.2 Å². The molecule has 23 heavy (non-hydrogen) atoms. The van der Waals surface area contributed by atoms with E-state index in [-0.39, 0.29) is 17.2 Å². The number of nitrogens with zero attached hydrogens (tertiary/aromatic N) is 2. The van der Waals surface area contributed by atoms with Gasteiger partial charge in [-0.25, -0.2) is 4.98 Å². The Bertz CT molecular complexity index is 800. The second kappa shape index (κ2) is 6.87. The van der Waals surface area contributed by atoms with Gasteiger partial charge < -0.3 is 5.32 Å². The van der Waals surface area contributed by atoms with E-state index < -0.39 is 0 Å². The average Bonchev–Trinajstić information content (AvgIpc) is 2.98. The van der Waals surface area contributed by atoms with E-state index in [4.69, 9.17) is 0 Å². The fraction of sp³-hybridized carbons (Fsp3) is 0.222. The number of fused-ring (bicyclic) bond motifs is 1. The molecule has 0 saturated heterocycles. The van der Waals surface area contributed by atoms with E-state index in [9.17, 15) is 4.79 Å². The van der Waals surface area contributed by atoms with Gasteiger partial charge in [0, 0.05) is 6.20 Å². The van der Waals surface area contributed by atoms with E-state index in [1.807, 2.05) is 79.2 Å². The Kier molecular flexibility index (Phi) is 4.67. The van der Waals surface area contributed by atoms with Crippen molar-refractivity contribution in [3.63, 3.8) is 0 Å². The number of amides is 1. The summed E-state index contributed by atoms with van der Waals surface area (Å²) in [4.78, 5) is 16.8. The first-order valence-electron chi connectivity index (χ1n) is 7.59. The van der Waals surface area contributed by atoms with E-state index in [1.54, 1.807) is 0 Å². The molecule has 5 heteroatoms. The highest BCUT2D eigenvalue weighted by Crippen LogP contribution is 2.24. The minimum absolute atomic E-state index is 0.0104. The normalized spacial score (nSPS) is 13.7. The molecule has 0 spiro atoms. The molecule has 0 aliphatic heterocycles. The zero-order valence-corrected chi connectivity index (χ0v) is 14.0. The van der Waals surface area contributed by atoms with Crippen molar-refractivity contribution < 1.29 is 4.79 Å². The van der Waals surface area contributed by atoms with Crippen molar-refractivity contribution in [2.24, 2.45) is 0 Å². The largest absolute Gasteiger partial charge is 0.349 e. The molecular weight excluding hydrogens is 306 g/mol. The molecule has 4 nitrogen and oxygen atoms in total. The van der Waals surface area contributed by atoms with Gasteiger partial charge >= 0.3 is 0 Å². The molecule has 1 aromatic carbocycles. The molecule has 3 aromatic rings. The molecule has 2 atom stereocenters. The molecule has 2 heterocycles. The summed E-state index contributed by atoms with van der Waals surface area (Å²) in [7, 11) is 0. The molecule has 0 bridgehead atoms. The summed E-state index contributed by atoms with van der Waals surface area (Å²) in [6.45, 7) is 3.90. The summed E-state index contributed by atoms with van der Waals surface area (Å²) < 4.78 is 2.00. The molecule has 1 amide bonds. The summed E-state index contributed by atoms with van der Waals surface area (Å²) in [6, 6.07) is 15.9. The minimum Gasteiger partial charge on any atom is -0.349 e. The third-order valence-corrected chi connectivity index (χ3v) is 4.80. The Labute approximate surface area is 139 Å². The Morgan fingerprint density at radius 2 is 1.87 bits per heavy atom. The number of benzene rings is 1. The first kappa shape index (κ1) is 15.6. The molecule has 0 aliphatic rings. The highest BCUT2D eigenvalue weighted by atomic mass is 32.2. The van der Waals surface area contributed by atoms with Crippen molar-refractivity contribution in [1.82, 2.24) is 14.7 Å². The second-order valence-electron chi connectivity index (χ2n) is 5.44. The van der Waals surface area contributed by atoms with Crippen LogP contribution in [0.3, 0.4) is 0 Å². The van der Waals surface area contributed by atoms with Crippen LogP contribution in [-0.4, -0.2) is 20.5 Å². The smallest absolute Gasteiger partial charge is 0.233 e.